The molecule has 2 aromatic heterocycles. The summed E-state index contributed by atoms with van der Waals surface area (Å²) >= 11 is 0. The van der Waals surface area contributed by atoms with Crippen LogP contribution in [0.15, 0.2) is 206 Å². The summed E-state index contributed by atoms with van der Waals surface area (Å²) in [7, 11) is 0. The Kier molecular flexibility index (Phi) is 7.77. The van der Waals surface area contributed by atoms with Crippen molar-refractivity contribution in [2.24, 2.45) is 0 Å². The van der Waals surface area contributed by atoms with Crippen molar-refractivity contribution in [1.82, 2.24) is 14.5 Å². The zero-order valence-corrected chi connectivity index (χ0v) is 29.4. The minimum absolute atomic E-state index is 0.649. The first-order chi connectivity index (χ1) is 26.8. The van der Waals surface area contributed by atoms with E-state index in [0.717, 1.165) is 66.8 Å². The molecule has 0 unspecified atom stereocenters. The van der Waals surface area contributed by atoms with Gasteiger partial charge in [-0.2, -0.15) is 0 Å². The maximum Gasteiger partial charge on any atom is 0.235 e. The van der Waals surface area contributed by atoms with E-state index in [-0.39, 0.29) is 0 Å². The number of anilines is 3. The zero-order valence-electron chi connectivity index (χ0n) is 29.4. The first-order valence-electron chi connectivity index (χ1n) is 18.3. The van der Waals surface area contributed by atoms with Crippen LogP contribution in [0.2, 0.25) is 0 Å². The molecule has 4 nitrogen and oxygen atoms in total. The molecule has 10 rings (SSSR count). The largest absolute Gasteiger partial charge is 0.311 e. The van der Waals surface area contributed by atoms with Gasteiger partial charge in [-0.3, -0.25) is 4.57 Å². The van der Waals surface area contributed by atoms with Crippen molar-refractivity contribution >= 4 is 49.8 Å². The van der Waals surface area contributed by atoms with Gasteiger partial charge in [0.05, 0.1) is 22.2 Å². The van der Waals surface area contributed by atoms with Gasteiger partial charge in [-0.05, 0) is 76.9 Å². The van der Waals surface area contributed by atoms with E-state index < -0.39 is 0 Å². The van der Waals surface area contributed by atoms with Crippen LogP contribution in [0.1, 0.15) is 0 Å². The lowest BCUT2D eigenvalue weighted by Crippen LogP contribution is -2.09. The molecule has 0 N–H and O–H groups in total. The number of aromatic nitrogens is 3. The normalized spacial score (nSPS) is 11.3. The molecule has 10 aromatic rings. The van der Waals surface area contributed by atoms with Gasteiger partial charge in [-0.25, -0.2) is 9.97 Å². The molecule has 0 saturated heterocycles. The van der Waals surface area contributed by atoms with Crippen molar-refractivity contribution in [1.29, 1.82) is 0 Å². The van der Waals surface area contributed by atoms with Gasteiger partial charge in [0.25, 0.3) is 0 Å². The van der Waals surface area contributed by atoms with E-state index in [4.69, 9.17) is 9.97 Å². The van der Waals surface area contributed by atoms with E-state index in [9.17, 15) is 0 Å². The van der Waals surface area contributed by atoms with Gasteiger partial charge >= 0.3 is 0 Å². The smallest absolute Gasteiger partial charge is 0.235 e. The van der Waals surface area contributed by atoms with Crippen LogP contribution < -0.4 is 4.90 Å². The second-order valence-electron chi connectivity index (χ2n) is 13.5. The highest BCUT2D eigenvalue weighted by atomic mass is 15.2. The zero-order chi connectivity index (χ0) is 35.8. The number of fused-ring (bicyclic) bond motifs is 4. The van der Waals surface area contributed by atoms with Crippen molar-refractivity contribution < 1.29 is 0 Å². The molecule has 0 aliphatic heterocycles. The average molecular weight is 691 g/mol. The van der Waals surface area contributed by atoms with Crippen molar-refractivity contribution in [2.45, 2.75) is 0 Å². The van der Waals surface area contributed by atoms with Crippen molar-refractivity contribution in [3.05, 3.63) is 206 Å². The Morgan fingerprint density at radius 1 is 0.333 bits per heavy atom. The third-order valence-corrected chi connectivity index (χ3v) is 10.2. The Morgan fingerprint density at radius 3 is 1.52 bits per heavy atom. The van der Waals surface area contributed by atoms with Crippen molar-refractivity contribution in [3.8, 4) is 39.5 Å². The van der Waals surface area contributed by atoms with Gasteiger partial charge in [-0.1, -0.05) is 152 Å². The van der Waals surface area contributed by atoms with Crippen LogP contribution in [0.25, 0.3) is 72.2 Å². The fourth-order valence-corrected chi connectivity index (χ4v) is 7.61. The fourth-order valence-electron chi connectivity index (χ4n) is 7.61. The van der Waals surface area contributed by atoms with Crippen molar-refractivity contribution in [3.63, 3.8) is 0 Å². The van der Waals surface area contributed by atoms with E-state index in [2.05, 4.69) is 204 Å². The van der Waals surface area contributed by atoms with Crippen LogP contribution in [0.4, 0.5) is 17.1 Å². The van der Waals surface area contributed by atoms with Crippen molar-refractivity contribution in [2.75, 3.05) is 4.90 Å². The number of hydrogen-bond acceptors (Lipinski definition) is 3. The van der Waals surface area contributed by atoms with E-state index in [1.54, 1.807) is 0 Å². The van der Waals surface area contributed by atoms with E-state index in [1.165, 1.54) is 16.5 Å². The molecule has 0 bridgehead atoms. The SMILES string of the molecule is c1ccc(-c2ccc(-c3nc(-n4c5ccccc5c5ccc(-c6ccc(N(c7ccccc7)c7ccccc7)cc6)cc54)nc4ccccc34)cc2)cc1. The maximum atomic E-state index is 5.35. The molecule has 0 spiro atoms. The van der Waals surface area contributed by atoms with Crippen LogP contribution in [0.3, 0.4) is 0 Å². The Morgan fingerprint density at radius 2 is 0.815 bits per heavy atom. The summed E-state index contributed by atoms with van der Waals surface area (Å²) in [6.07, 6.45) is 0. The number of rotatable bonds is 7. The van der Waals surface area contributed by atoms with Gasteiger partial charge in [-0.15, -0.1) is 0 Å². The summed E-state index contributed by atoms with van der Waals surface area (Å²) < 4.78 is 2.23. The van der Waals surface area contributed by atoms with Crippen LogP contribution in [-0.4, -0.2) is 14.5 Å². The molecule has 4 heteroatoms. The van der Waals surface area contributed by atoms with Crippen LogP contribution in [0.5, 0.6) is 0 Å². The number of para-hydroxylation sites is 4. The van der Waals surface area contributed by atoms with Gasteiger partial charge < -0.3 is 4.90 Å². The van der Waals surface area contributed by atoms with E-state index >= 15 is 0 Å². The highest BCUT2D eigenvalue weighted by molar-refractivity contribution is 6.10. The second kappa shape index (κ2) is 13.4. The monoisotopic (exact) mass is 690 g/mol. The molecule has 54 heavy (non-hydrogen) atoms. The summed E-state index contributed by atoms with van der Waals surface area (Å²) in [5, 5.41) is 3.35. The summed E-state index contributed by atoms with van der Waals surface area (Å²) in [5.74, 6) is 0.649. The topological polar surface area (TPSA) is 34.0 Å². The minimum Gasteiger partial charge on any atom is -0.311 e. The molecule has 0 fully saturated rings. The summed E-state index contributed by atoms with van der Waals surface area (Å²) in [5.41, 5.74) is 13.0. The Labute approximate surface area is 313 Å². The lowest BCUT2D eigenvalue weighted by atomic mass is 10.0. The lowest BCUT2D eigenvalue weighted by molar-refractivity contribution is 1.01. The van der Waals surface area contributed by atoms with Gasteiger partial charge in [0.15, 0.2) is 0 Å². The van der Waals surface area contributed by atoms with E-state index in [0.29, 0.717) is 5.95 Å². The van der Waals surface area contributed by atoms with Crippen LogP contribution in [-0.2, 0) is 0 Å². The highest BCUT2D eigenvalue weighted by Crippen LogP contribution is 2.38. The Bertz CT molecular complexity index is 2860. The standard InChI is InChI=1S/C50H34N4/c1-4-14-35(15-5-1)36-24-26-38(27-25-36)49-45-21-10-12-22-46(45)51-50(52-49)54-47-23-13-11-20-43(47)44-33-30-39(34-48(44)54)37-28-31-42(32-29-37)53(40-16-6-2-7-17-40)41-18-8-3-9-19-41/h1-34H. The number of nitrogens with zero attached hydrogens (tertiary/aromatic N) is 4. The summed E-state index contributed by atoms with van der Waals surface area (Å²) in [6, 6.07) is 72.6. The molecule has 254 valence electrons. The molecule has 8 aromatic carbocycles. The van der Waals surface area contributed by atoms with E-state index in [1.807, 2.05) is 12.1 Å². The lowest BCUT2D eigenvalue weighted by Gasteiger charge is -2.25. The predicted molar refractivity (Wildman–Crippen MR) is 225 cm³/mol. The first kappa shape index (κ1) is 31.4. The maximum absolute atomic E-state index is 5.35. The third kappa shape index (κ3) is 5.58. The quantitative estimate of drug-likeness (QED) is 0.167. The molecule has 0 saturated carbocycles. The first-order valence-corrected chi connectivity index (χ1v) is 18.3. The van der Waals surface area contributed by atoms with Gasteiger partial charge in [0.2, 0.25) is 5.95 Å². The molecule has 0 aliphatic carbocycles. The fraction of sp³-hybridized carbons (Fsp3) is 0. The Balaban J connectivity index is 1.10. The number of hydrogen-bond donors (Lipinski definition) is 0. The molecule has 2 heterocycles. The van der Waals surface area contributed by atoms with Crippen LogP contribution >= 0.6 is 0 Å². The average Bonchev–Trinajstić information content (AvgIpc) is 3.58. The summed E-state index contributed by atoms with van der Waals surface area (Å²) in [4.78, 5) is 12.8. The predicted octanol–water partition coefficient (Wildman–Crippen LogP) is 13.2. The number of benzene rings is 8. The summed E-state index contributed by atoms with van der Waals surface area (Å²) in [6.45, 7) is 0. The molecule has 0 atom stereocenters. The molecule has 0 amide bonds. The third-order valence-electron chi connectivity index (χ3n) is 10.2. The molecular formula is C50H34N4. The van der Waals surface area contributed by atoms with Gasteiger partial charge in [0.1, 0.15) is 0 Å². The molecular weight excluding hydrogens is 657 g/mol. The second-order valence-corrected chi connectivity index (χ2v) is 13.5. The molecule has 0 aliphatic rings. The Hall–Kier alpha value is -7.30. The molecule has 0 radical (unpaired) electrons. The highest BCUT2D eigenvalue weighted by Gasteiger charge is 2.18. The minimum atomic E-state index is 0.649. The van der Waals surface area contributed by atoms with Crippen LogP contribution in [0, 0.1) is 0 Å². The van der Waals surface area contributed by atoms with Gasteiger partial charge in [0, 0.05) is 38.8 Å².